The molecule has 2 rings (SSSR count). The standard InChI is InChI=1S/C20H30/c1-19(2,3)17-11-7-15(8-12-17)16-9-13-18(14-10-16)20(4,5)6/h7-8,11-13,16H,9-10,14H2,1-6H3/t16-/m1/s1. The molecular formula is C20H30. The van der Waals surface area contributed by atoms with Crippen LogP contribution in [0.25, 0.3) is 0 Å². The molecule has 0 N–H and O–H groups in total. The Balaban J connectivity index is 2.10. The highest BCUT2D eigenvalue weighted by Gasteiger charge is 2.23. The highest BCUT2D eigenvalue weighted by molar-refractivity contribution is 5.31. The molecule has 0 unspecified atom stereocenters. The Kier molecular flexibility index (Phi) is 4.14. The topological polar surface area (TPSA) is 0 Å². The molecule has 0 aliphatic heterocycles. The molecule has 1 aliphatic carbocycles. The number of allylic oxidation sites excluding steroid dienone is 2. The van der Waals surface area contributed by atoms with Crippen LogP contribution < -0.4 is 0 Å². The summed E-state index contributed by atoms with van der Waals surface area (Å²) in [6.45, 7) is 13.8. The lowest BCUT2D eigenvalue weighted by Crippen LogP contribution is -2.15. The Morgan fingerprint density at radius 3 is 1.85 bits per heavy atom. The van der Waals surface area contributed by atoms with Crippen LogP contribution >= 0.6 is 0 Å². The van der Waals surface area contributed by atoms with Crippen molar-refractivity contribution in [2.24, 2.45) is 5.41 Å². The minimum atomic E-state index is 0.254. The first-order valence-electron chi connectivity index (χ1n) is 7.98. The summed E-state index contributed by atoms with van der Waals surface area (Å²) in [4.78, 5) is 0. The molecule has 0 saturated carbocycles. The van der Waals surface area contributed by atoms with Crippen molar-refractivity contribution in [1.29, 1.82) is 0 Å². The molecule has 0 heterocycles. The Morgan fingerprint density at radius 2 is 1.45 bits per heavy atom. The fourth-order valence-corrected chi connectivity index (χ4v) is 3.07. The van der Waals surface area contributed by atoms with E-state index in [1.165, 1.54) is 30.4 Å². The smallest absolute Gasteiger partial charge is 0.0124 e. The van der Waals surface area contributed by atoms with E-state index in [9.17, 15) is 0 Å². The fraction of sp³-hybridized carbons (Fsp3) is 0.600. The van der Waals surface area contributed by atoms with Gasteiger partial charge in [-0.05, 0) is 47.1 Å². The summed E-state index contributed by atoms with van der Waals surface area (Å²) < 4.78 is 0. The van der Waals surface area contributed by atoms with Crippen molar-refractivity contribution in [3.63, 3.8) is 0 Å². The monoisotopic (exact) mass is 270 g/mol. The van der Waals surface area contributed by atoms with Crippen LogP contribution in [0.1, 0.15) is 77.8 Å². The van der Waals surface area contributed by atoms with Gasteiger partial charge in [0.15, 0.2) is 0 Å². The summed E-state index contributed by atoms with van der Waals surface area (Å²) in [6, 6.07) is 9.33. The number of benzene rings is 1. The summed E-state index contributed by atoms with van der Waals surface area (Å²) in [5.74, 6) is 0.718. The molecule has 1 aromatic rings. The molecule has 20 heavy (non-hydrogen) atoms. The summed E-state index contributed by atoms with van der Waals surface area (Å²) in [5.41, 5.74) is 5.19. The van der Waals surface area contributed by atoms with Gasteiger partial charge in [0.25, 0.3) is 0 Å². The largest absolute Gasteiger partial charge is 0.0842 e. The van der Waals surface area contributed by atoms with E-state index >= 15 is 0 Å². The molecule has 110 valence electrons. The Bertz CT molecular complexity index is 474. The molecule has 1 atom stereocenters. The molecule has 0 radical (unpaired) electrons. The van der Waals surface area contributed by atoms with Gasteiger partial charge in [0, 0.05) is 0 Å². The first-order chi connectivity index (χ1) is 9.18. The highest BCUT2D eigenvalue weighted by Crippen LogP contribution is 2.39. The Labute approximate surface area is 125 Å². The zero-order valence-corrected chi connectivity index (χ0v) is 14.1. The maximum Gasteiger partial charge on any atom is -0.0124 e. The number of hydrogen-bond donors (Lipinski definition) is 0. The zero-order valence-electron chi connectivity index (χ0n) is 14.1. The fourth-order valence-electron chi connectivity index (χ4n) is 3.07. The normalized spacial score (nSPS) is 20.7. The lowest BCUT2D eigenvalue weighted by atomic mass is 9.75. The van der Waals surface area contributed by atoms with Crippen LogP contribution in [0.2, 0.25) is 0 Å². The predicted molar refractivity (Wildman–Crippen MR) is 89.3 cm³/mol. The van der Waals surface area contributed by atoms with Gasteiger partial charge < -0.3 is 0 Å². The zero-order chi connectivity index (χ0) is 15.0. The van der Waals surface area contributed by atoms with Crippen LogP contribution in [0, 0.1) is 5.41 Å². The Hall–Kier alpha value is -1.04. The molecule has 0 saturated heterocycles. The third kappa shape index (κ3) is 3.53. The number of hydrogen-bond acceptors (Lipinski definition) is 0. The predicted octanol–water partition coefficient (Wildman–Crippen LogP) is 6.22. The third-order valence-corrected chi connectivity index (χ3v) is 4.62. The second-order valence-electron chi connectivity index (χ2n) is 8.32. The minimum absolute atomic E-state index is 0.254. The maximum absolute atomic E-state index is 2.49. The van der Waals surface area contributed by atoms with Crippen LogP contribution in [0.5, 0.6) is 0 Å². The first kappa shape index (κ1) is 15.4. The van der Waals surface area contributed by atoms with Gasteiger partial charge in [-0.2, -0.15) is 0 Å². The summed E-state index contributed by atoms with van der Waals surface area (Å²) >= 11 is 0. The second kappa shape index (κ2) is 5.39. The quantitative estimate of drug-likeness (QED) is 0.531. The molecule has 0 heteroatoms. The lowest BCUT2D eigenvalue weighted by Gasteiger charge is -2.30. The van der Waals surface area contributed by atoms with Crippen molar-refractivity contribution in [3.8, 4) is 0 Å². The van der Waals surface area contributed by atoms with Crippen molar-refractivity contribution >= 4 is 0 Å². The highest BCUT2D eigenvalue weighted by atomic mass is 14.3. The van der Waals surface area contributed by atoms with Crippen LogP contribution in [0.4, 0.5) is 0 Å². The number of rotatable bonds is 1. The first-order valence-corrected chi connectivity index (χ1v) is 7.98. The third-order valence-electron chi connectivity index (χ3n) is 4.62. The molecule has 1 aromatic carbocycles. The molecule has 0 spiro atoms. The van der Waals surface area contributed by atoms with Crippen LogP contribution in [-0.4, -0.2) is 0 Å². The van der Waals surface area contributed by atoms with E-state index in [4.69, 9.17) is 0 Å². The molecule has 0 aromatic heterocycles. The molecule has 0 fully saturated rings. The average molecular weight is 270 g/mol. The van der Waals surface area contributed by atoms with Crippen molar-refractivity contribution in [2.45, 2.75) is 72.1 Å². The minimum Gasteiger partial charge on any atom is -0.0842 e. The molecule has 1 aliphatic rings. The maximum atomic E-state index is 2.49. The van der Waals surface area contributed by atoms with Gasteiger partial charge in [-0.3, -0.25) is 0 Å². The summed E-state index contributed by atoms with van der Waals surface area (Å²) in [6.07, 6.45) is 6.26. The van der Waals surface area contributed by atoms with E-state index < -0.39 is 0 Å². The second-order valence-corrected chi connectivity index (χ2v) is 8.32. The van der Waals surface area contributed by atoms with E-state index in [1.807, 2.05) is 0 Å². The van der Waals surface area contributed by atoms with Gasteiger partial charge in [0.1, 0.15) is 0 Å². The van der Waals surface area contributed by atoms with Crippen LogP contribution in [0.3, 0.4) is 0 Å². The van der Waals surface area contributed by atoms with E-state index in [1.54, 1.807) is 5.57 Å². The van der Waals surface area contributed by atoms with Gasteiger partial charge in [-0.25, -0.2) is 0 Å². The Morgan fingerprint density at radius 1 is 0.850 bits per heavy atom. The van der Waals surface area contributed by atoms with Crippen molar-refractivity contribution in [2.75, 3.05) is 0 Å². The molecule has 0 amide bonds. The molecule has 0 nitrogen and oxygen atoms in total. The average Bonchev–Trinajstić information content (AvgIpc) is 2.37. The van der Waals surface area contributed by atoms with Crippen LogP contribution in [-0.2, 0) is 5.41 Å². The van der Waals surface area contributed by atoms with Crippen molar-refractivity contribution in [3.05, 3.63) is 47.0 Å². The van der Waals surface area contributed by atoms with Gasteiger partial charge >= 0.3 is 0 Å². The molecular weight excluding hydrogens is 240 g/mol. The van der Waals surface area contributed by atoms with Gasteiger partial charge in [0.05, 0.1) is 0 Å². The van der Waals surface area contributed by atoms with Crippen molar-refractivity contribution < 1.29 is 0 Å². The van der Waals surface area contributed by atoms with Gasteiger partial charge in [0.2, 0.25) is 0 Å². The van der Waals surface area contributed by atoms with Crippen molar-refractivity contribution in [1.82, 2.24) is 0 Å². The van der Waals surface area contributed by atoms with E-state index in [0.29, 0.717) is 5.41 Å². The summed E-state index contributed by atoms with van der Waals surface area (Å²) in [5, 5.41) is 0. The molecule has 0 bridgehead atoms. The van der Waals surface area contributed by atoms with Gasteiger partial charge in [-0.15, -0.1) is 0 Å². The lowest BCUT2D eigenvalue weighted by molar-refractivity contribution is 0.445. The van der Waals surface area contributed by atoms with Crippen LogP contribution in [0.15, 0.2) is 35.9 Å². The SMILES string of the molecule is CC(C)(C)C1=CC[C@@H](c2ccc(C(C)(C)C)cc2)CC1. The summed E-state index contributed by atoms with van der Waals surface area (Å²) in [7, 11) is 0. The van der Waals surface area contributed by atoms with E-state index in [-0.39, 0.29) is 5.41 Å². The van der Waals surface area contributed by atoms with Gasteiger partial charge in [-0.1, -0.05) is 77.5 Å². The van der Waals surface area contributed by atoms with E-state index in [0.717, 1.165) is 5.92 Å². The van der Waals surface area contributed by atoms with E-state index in [2.05, 4.69) is 71.9 Å².